The monoisotopic (exact) mass is 389 g/mol. The first-order valence-corrected chi connectivity index (χ1v) is 9.67. The van der Waals surface area contributed by atoms with E-state index < -0.39 is 5.82 Å². The molecule has 0 spiro atoms. The summed E-state index contributed by atoms with van der Waals surface area (Å²) >= 11 is 0. The minimum Gasteiger partial charge on any atom is -0.352 e. The van der Waals surface area contributed by atoms with E-state index in [9.17, 15) is 18.8 Å². The lowest BCUT2D eigenvalue weighted by Crippen LogP contribution is -2.51. The first-order valence-electron chi connectivity index (χ1n) is 9.67. The number of carbonyl (C=O) groups is 3. The number of nitrogens with zero attached hydrogens (tertiary/aromatic N) is 3. The fourth-order valence-electron chi connectivity index (χ4n) is 3.55. The summed E-state index contributed by atoms with van der Waals surface area (Å²) in [4.78, 5) is 41.7. The van der Waals surface area contributed by atoms with Crippen LogP contribution in [0.5, 0.6) is 0 Å². The predicted octanol–water partition coefficient (Wildman–Crippen LogP) is 0.392. The van der Waals surface area contributed by atoms with Crippen molar-refractivity contribution in [2.24, 2.45) is 0 Å². The van der Waals surface area contributed by atoms with Gasteiger partial charge >= 0.3 is 6.03 Å². The Balaban J connectivity index is 1.37. The van der Waals surface area contributed by atoms with E-state index >= 15 is 0 Å². The van der Waals surface area contributed by atoms with Crippen molar-refractivity contribution in [3.05, 3.63) is 29.6 Å². The lowest BCUT2D eigenvalue weighted by Gasteiger charge is -2.34. The largest absolute Gasteiger partial charge is 0.352 e. The normalized spacial score (nSPS) is 20.2. The van der Waals surface area contributed by atoms with Crippen molar-refractivity contribution in [1.29, 1.82) is 0 Å². The quantitative estimate of drug-likeness (QED) is 0.763. The van der Waals surface area contributed by atoms with Gasteiger partial charge in [-0.05, 0) is 31.0 Å². The summed E-state index contributed by atoms with van der Waals surface area (Å²) in [6.07, 6.45) is 2.11. The van der Waals surface area contributed by atoms with Crippen LogP contribution < -0.4 is 15.5 Å². The highest BCUT2D eigenvalue weighted by atomic mass is 19.1. The molecule has 3 fully saturated rings. The third kappa shape index (κ3) is 4.09. The van der Waals surface area contributed by atoms with E-state index in [-0.39, 0.29) is 23.4 Å². The highest BCUT2D eigenvalue weighted by Crippen LogP contribution is 2.22. The van der Waals surface area contributed by atoms with Crippen LogP contribution in [0, 0.1) is 5.82 Å². The second-order valence-electron chi connectivity index (χ2n) is 7.46. The summed E-state index contributed by atoms with van der Waals surface area (Å²) in [7, 11) is 0. The Hall–Kier alpha value is -2.68. The van der Waals surface area contributed by atoms with Crippen LogP contribution >= 0.6 is 0 Å². The number of piperazine rings is 1. The first kappa shape index (κ1) is 18.7. The Morgan fingerprint density at radius 2 is 1.89 bits per heavy atom. The first-order chi connectivity index (χ1) is 13.5. The smallest absolute Gasteiger partial charge is 0.321 e. The van der Waals surface area contributed by atoms with Crippen LogP contribution in [0.1, 0.15) is 23.2 Å². The molecule has 0 aromatic heterocycles. The molecule has 28 heavy (non-hydrogen) atoms. The number of rotatable bonds is 5. The highest BCUT2D eigenvalue weighted by molar-refractivity contribution is 5.98. The molecule has 3 aliphatic rings. The summed E-state index contributed by atoms with van der Waals surface area (Å²) in [5, 5.41) is 5.65. The van der Waals surface area contributed by atoms with E-state index in [0.717, 1.165) is 12.8 Å². The van der Waals surface area contributed by atoms with E-state index in [4.69, 9.17) is 0 Å². The lowest BCUT2D eigenvalue weighted by atomic mass is 10.1. The minimum absolute atomic E-state index is 0.0184. The van der Waals surface area contributed by atoms with Gasteiger partial charge < -0.3 is 15.5 Å². The van der Waals surface area contributed by atoms with Crippen molar-refractivity contribution >= 4 is 23.5 Å². The molecule has 0 radical (unpaired) electrons. The van der Waals surface area contributed by atoms with Gasteiger partial charge in [-0.1, -0.05) is 0 Å². The van der Waals surface area contributed by atoms with Gasteiger partial charge in [-0.3, -0.25) is 19.4 Å². The standard InChI is InChI=1S/C19H24FN5O3/c20-16-4-3-14(25-6-5-21-19(25)28)11-15(16)18(27)24-9-7-23(8-10-24)12-17(26)22-13-1-2-13/h3-4,11,13H,1-2,5-10,12H2,(H,21,28)(H,22,26). The number of hydrogen-bond acceptors (Lipinski definition) is 4. The number of urea groups is 1. The predicted molar refractivity (Wildman–Crippen MR) is 101 cm³/mol. The van der Waals surface area contributed by atoms with Crippen LogP contribution in [0.15, 0.2) is 18.2 Å². The van der Waals surface area contributed by atoms with Crippen LogP contribution in [0.3, 0.4) is 0 Å². The summed E-state index contributed by atoms with van der Waals surface area (Å²) in [5.41, 5.74) is 0.479. The molecule has 4 rings (SSSR count). The topological polar surface area (TPSA) is 85.0 Å². The number of carbonyl (C=O) groups excluding carboxylic acids is 3. The van der Waals surface area contributed by atoms with Crippen molar-refractivity contribution in [3.8, 4) is 0 Å². The van der Waals surface area contributed by atoms with E-state index in [0.29, 0.717) is 57.5 Å². The third-order valence-corrected chi connectivity index (χ3v) is 5.32. The van der Waals surface area contributed by atoms with Gasteiger partial charge in [0.25, 0.3) is 5.91 Å². The Morgan fingerprint density at radius 1 is 1.14 bits per heavy atom. The van der Waals surface area contributed by atoms with Gasteiger partial charge in [-0.25, -0.2) is 9.18 Å². The molecule has 2 N–H and O–H groups in total. The van der Waals surface area contributed by atoms with Crippen LogP contribution in [-0.2, 0) is 4.79 Å². The van der Waals surface area contributed by atoms with Crippen molar-refractivity contribution in [1.82, 2.24) is 20.4 Å². The fraction of sp³-hybridized carbons (Fsp3) is 0.526. The molecule has 8 nitrogen and oxygen atoms in total. The number of anilines is 1. The van der Waals surface area contributed by atoms with Crippen LogP contribution in [0.2, 0.25) is 0 Å². The van der Waals surface area contributed by atoms with Crippen LogP contribution in [0.4, 0.5) is 14.9 Å². The van der Waals surface area contributed by atoms with E-state index in [1.165, 1.54) is 23.1 Å². The van der Waals surface area contributed by atoms with Gasteiger partial charge in [0.2, 0.25) is 5.91 Å². The van der Waals surface area contributed by atoms with E-state index in [1.807, 2.05) is 4.90 Å². The molecule has 0 atom stereocenters. The maximum Gasteiger partial charge on any atom is 0.321 e. The summed E-state index contributed by atoms with van der Waals surface area (Å²) in [5.74, 6) is -0.967. The number of nitrogens with one attached hydrogen (secondary N) is 2. The molecule has 150 valence electrons. The fourth-order valence-corrected chi connectivity index (χ4v) is 3.55. The molecule has 1 aromatic rings. The van der Waals surface area contributed by atoms with Gasteiger partial charge in [0.15, 0.2) is 0 Å². The summed E-state index contributed by atoms with van der Waals surface area (Å²) in [6, 6.07) is 4.27. The zero-order valence-electron chi connectivity index (χ0n) is 15.6. The van der Waals surface area contributed by atoms with Crippen molar-refractivity contribution in [3.63, 3.8) is 0 Å². The second-order valence-corrected chi connectivity index (χ2v) is 7.46. The molecule has 1 aromatic carbocycles. The summed E-state index contributed by atoms with van der Waals surface area (Å²) < 4.78 is 14.3. The summed E-state index contributed by atoms with van der Waals surface area (Å²) in [6.45, 7) is 3.34. The molecule has 1 saturated carbocycles. The molecular weight excluding hydrogens is 365 g/mol. The molecule has 0 bridgehead atoms. The lowest BCUT2D eigenvalue weighted by molar-refractivity contribution is -0.122. The number of hydrogen-bond donors (Lipinski definition) is 2. The Kier molecular flexibility index (Phi) is 5.17. The number of benzene rings is 1. The van der Waals surface area contributed by atoms with Gasteiger partial charge in [-0.2, -0.15) is 0 Å². The van der Waals surface area contributed by atoms with Gasteiger partial charge in [0, 0.05) is 51.0 Å². The van der Waals surface area contributed by atoms with Crippen molar-refractivity contribution in [2.45, 2.75) is 18.9 Å². The van der Waals surface area contributed by atoms with E-state index in [2.05, 4.69) is 10.6 Å². The zero-order valence-corrected chi connectivity index (χ0v) is 15.6. The van der Waals surface area contributed by atoms with Gasteiger partial charge in [0.05, 0.1) is 12.1 Å². The minimum atomic E-state index is -0.598. The maximum absolute atomic E-state index is 14.3. The SMILES string of the molecule is O=C(CN1CCN(C(=O)c2cc(N3CCNC3=O)ccc2F)CC1)NC1CC1. The van der Waals surface area contributed by atoms with Gasteiger partial charge in [-0.15, -0.1) is 0 Å². The third-order valence-electron chi connectivity index (χ3n) is 5.32. The maximum atomic E-state index is 14.3. The van der Waals surface area contributed by atoms with Crippen LogP contribution in [-0.4, -0.2) is 79.5 Å². The molecule has 2 heterocycles. The average Bonchev–Trinajstić information content (AvgIpc) is 3.39. The van der Waals surface area contributed by atoms with Crippen LogP contribution in [0.25, 0.3) is 0 Å². The molecule has 1 aliphatic carbocycles. The van der Waals surface area contributed by atoms with Crippen molar-refractivity contribution in [2.75, 3.05) is 50.7 Å². The molecule has 0 unspecified atom stereocenters. The second kappa shape index (κ2) is 7.75. The molecule has 4 amide bonds. The van der Waals surface area contributed by atoms with Crippen molar-refractivity contribution < 1.29 is 18.8 Å². The Morgan fingerprint density at radius 3 is 2.54 bits per heavy atom. The molecule has 2 saturated heterocycles. The van der Waals surface area contributed by atoms with Gasteiger partial charge in [0.1, 0.15) is 5.82 Å². The molecular formula is C19H24FN5O3. The average molecular weight is 389 g/mol. The Labute approximate surface area is 162 Å². The number of amides is 4. The molecule has 2 aliphatic heterocycles. The Bertz CT molecular complexity index is 790. The number of halogens is 1. The zero-order chi connectivity index (χ0) is 19.7. The molecule has 9 heteroatoms. The van der Waals surface area contributed by atoms with E-state index in [1.54, 1.807) is 4.90 Å². The highest BCUT2D eigenvalue weighted by Gasteiger charge is 2.28.